The molecule has 4 N–H and O–H groups in total. The van der Waals surface area contributed by atoms with Crippen LogP contribution in [0.25, 0.3) is 0 Å². The van der Waals surface area contributed by atoms with E-state index in [0.717, 1.165) is 18.2 Å². The second-order valence-electron chi connectivity index (χ2n) is 2.35. The summed E-state index contributed by atoms with van der Waals surface area (Å²) in [6.07, 6.45) is 0. The van der Waals surface area contributed by atoms with E-state index in [1.165, 1.54) is 0 Å². The minimum Gasteiger partial charge on any atom is -0.478 e. The molecule has 0 fully saturated rings. The van der Waals surface area contributed by atoms with Crippen molar-refractivity contribution in [2.45, 2.75) is 0 Å². The van der Waals surface area contributed by atoms with Crippen LogP contribution in [0.3, 0.4) is 0 Å². The van der Waals surface area contributed by atoms with E-state index in [1.807, 2.05) is 0 Å². The highest BCUT2D eigenvalue weighted by molar-refractivity contribution is 6.30. The molecule has 0 amide bonds. The standard InChI is InChI=1S/C7H4F2O3.BH3O3/c8-5-3-1-2-4(7(10)11)6(5)12-9;2-1(3)4/h1-3H,(H,10,11);2-4H. The van der Waals surface area contributed by atoms with Gasteiger partial charge in [0.2, 0.25) is 5.75 Å². The molecule has 9 heteroatoms. The van der Waals surface area contributed by atoms with Gasteiger partial charge >= 0.3 is 13.3 Å². The van der Waals surface area contributed by atoms with Crippen LogP contribution in [0.15, 0.2) is 18.2 Å². The maximum Gasteiger partial charge on any atom is 0.631 e. The summed E-state index contributed by atoms with van der Waals surface area (Å²) in [6, 6.07) is 3.10. The molecule has 0 bridgehead atoms. The van der Waals surface area contributed by atoms with Crippen LogP contribution in [0.1, 0.15) is 10.4 Å². The van der Waals surface area contributed by atoms with E-state index in [2.05, 4.69) is 4.94 Å². The highest BCUT2D eigenvalue weighted by atomic mass is 19.3. The highest BCUT2D eigenvalue weighted by Gasteiger charge is 2.16. The average molecular weight is 236 g/mol. The van der Waals surface area contributed by atoms with Gasteiger partial charge in [-0.15, -0.1) is 0 Å². The van der Waals surface area contributed by atoms with Gasteiger partial charge in [0, 0.05) is 4.53 Å². The van der Waals surface area contributed by atoms with E-state index in [4.69, 9.17) is 20.2 Å². The largest absolute Gasteiger partial charge is 0.631 e. The van der Waals surface area contributed by atoms with Crippen molar-refractivity contribution in [1.82, 2.24) is 0 Å². The van der Waals surface area contributed by atoms with E-state index in [9.17, 15) is 13.7 Å². The molecule has 0 aliphatic rings. The molecule has 0 radical (unpaired) electrons. The summed E-state index contributed by atoms with van der Waals surface area (Å²) in [7, 11) is -2.17. The van der Waals surface area contributed by atoms with Crippen molar-refractivity contribution >= 4 is 13.3 Å². The number of rotatable bonds is 2. The van der Waals surface area contributed by atoms with E-state index in [0.29, 0.717) is 0 Å². The number of carboxylic acid groups (broad SMARTS) is 1. The monoisotopic (exact) mass is 236 g/mol. The maximum absolute atomic E-state index is 12.6. The fourth-order valence-electron chi connectivity index (χ4n) is 0.756. The zero-order chi connectivity index (χ0) is 12.7. The molecule has 0 spiro atoms. The summed E-state index contributed by atoms with van der Waals surface area (Å²) in [5.41, 5.74) is -0.544. The van der Waals surface area contributed by atoms with Crippen LogP contribution in [-0.4, -0.2) is 33.5 Å². The number of benzene rings is 1. The Hall–Kier alpha value is -1.71. The number of aromatic carboxylic acids is 1. The molecule has 0 saturated heterocycles. The van der Waals surface area contributed by atoms with Gasteiger partial charge in [-0.25, -0.2) is 9.18 Å². The van der Waals surface area contributed by atoms with Crippen LogP contribution in [0.2, 0.25) is 0 Å². The van der Waals surface area contributed by atoms with Gasteiger partial charge in [0.1, 0.15) is 5.56 Å². The first-order valence-corrected chi connectivity index (χ1v) is 3.74. The van der Waals surface area contributed by atoms with Crippen molar-refractivity contribution in [2.75, 3.05) is 0 Å². The molecule has 0 aliphatic carbocycles. The van der Waals surface area contributed by atoms with Crippen LogP contribution in [0.4, 0.5) is 8.92 Å². The second kappa shape index (κ2) is 6.72. The van der Waals surface area contributed by atoms with Gasteiger partial charge in [0.15, 0.2) is 5.82 Å². The average Bonchev–Trinajstić information content (AvgIpc) is 2.16. The molecule has 1 rings (SSSR count). The van der Waals surface area contributed by atoms with Gasteiger partial charge in [-0.2, -0.15) is 0 Å². The van der Waals surface area contributed by atoms with Gasteiger partial charge in [-0.05, 0) is 12.1 Å². The molecule has 0 heterocycles. The lowest BCUT2D eigenvalue weighted by Crippen LogP contribution is -2.07. The van der Waals surface area contributed by atoms with Crippen molar-refractivity contribution in [2.24, 2.45) is 0 Å². The third-order valence-electron chi connectivity index (χ3n) is 1.27. The first-order valence-electron chi connectivity index (χ1n) is 3.74. The molecule has 0 aromatic heterocycles. The molecule has 0 aliphatic heterocycles. The Kier molecular flexibility index (Phi) is 6.00. The van der Waals surface area contributed by atoms with Crippen molar-refractivity contribution in [3.8, 4) is 5.75 Å². The number of hydrogen-bond donors (Lipinski definition) is 4. The molecule has 16 heavy (non-hydrogen) atoms. The van der Waals surface area contributed by atoms with Gasteiger partial charge < -0.3 is 20.2 Å². The fraction of sp³-hybridized carbons (Fsp3) is 0. The molecule has 88 valence electrons. The van der Waals surface area contributed by atoms with E-state index in [-0.39, 0.29) is 0 Å². The second-order valence-corrected chi connectivity index (χ2v) is 2.35. The summed E-state index contributed by atoms with van der Waals surface area (Å²) < 4.78 is 24.2. The van der Waals surface area contributed by atoms with Crippen molar-refractivity contribution in [3.05, 3.63) is 29.6 Å². The number of carboxylic acids is 1. The fourth-order valence-corrected chi connectivity index (χ4v) is 0.756. The Morgan fingerprint density at radius 3 is 2.12 bits per heavy atom. The molecule has 1 aromatic rings. The smallest absolute Gasteiger partial charge is 0.478 e. The molecule has 6 nitrogen and oxygen atoms in total. The van der Waals surface area contributed by atoms with Gasteiger partial charge in [-0.3, -0.25) is 4.94 Å². The number of hydrogen-bond acceptors (Lipinski definition) is 5. The zero-order valence-electron chi connectivity index (χ0n) is 7.67. The summed E-state index contributed by atoms with van der Waals surface area (Å²) in [6.45, 7) is 0. The van der Waals surface area contributed by atoms with Gasteiger partial charge in [-0.1, -0.05) is 6.07 Å². The Morgan fingerprint density at radius 1 is 1.31 bits per heavy atom. The topological polar surface area (TPSA) is 107 Å². The van der Waals surface area contributed by atoms with Crippen LogP contribution in [0, 0.1) is 5.82 Å². The van der Waals surface area contributed by atoms with Crippen LogP contribution >= 0.6 is 0 Å². The molecule has 0 saturated carbocycles. The lowest BCUT2D eigenvalue weighted by molar-refractivity contribution is -0.0122. The molecule has 0 atom stereocenters. The highest BCUT2D eigenvalue weighted by Crippen LogP contribution is 2.22. The Morgan fingerprint density at radius 2 is 1.81 bits per heavy atom. The SMILES string of the molecule is O=C(O)c1cccc(F)c1OF.OB(O)O. The van der Waals surface area contributed by atoms with Crippen molar-refractivity contribution in [1.29, 1.82) is 0 Å². The Balaban J connectivity index is 0.000000487. The number of halogens is 2. The lowest BCUT2D eigenvalue weighted by atomic mass is 10.2. The van der Waals surface area contributed by atoms with Crippen molar-refractivity contribution in [3.63, 3.8) is 0 Å². The molecule has 0 unspecified atom stereocenters. The lowest BCUT2D eigenvalue weighted by Gasteiger charge is -1.99. The number of para-hydroxylation sites is 1. The Bertz CT molecular complexity index is 356. The van der Waals surface area contributed by atoms with Crippen LogP contribution in [0.5, 0.6) is 5.75 Å². The summed E-state index contributed by atoms with van der Waals surface area (Å²) in [5, 5.41) is 29.9. The van der Waals surface area contributed by atoms with E-state index < -0.39 is 30.4 Å². The predicted octanol–water partition coefficient (Wildman–Crippen LogP) is -0.265. The molecular formula is C7H7BF2O6. The molecular weight excluding hydrogens is 229 g/mol. The van der Waals surface area contributed by atoms with E-state index in [1.54, 1.807) is 0 Å². The maximum atomic E-state index is 12.6. The van der Waals surface area contributed by atoms with Gasteiger partial charge in [0.25, 0.3) is 0 Å². The first-order chi connectivity index (χ1) is 7.40. The zero-order valence-corrected chi connectivity index (χ0v) is 7.67. The number of carbonyl (C=O) groups is 1. The van der Waals surface area contributed by atoms with Crippen molar-refractivity contribution < 1.29 is 38.8 Å². The summed E-state index contributed by atoms with van der Waals surface area (Å²) in [4.78, 5) is 13.4. The summed E-state index contributed by atoms with van der Waals surface area (Å²) >= 11 is 0. The minimum absolute atomic E-state index is 0.544. The Labute approximate surface area is 88.4 Å². The van der Waals surface area contributed by atoms with Gasteiger partial charge in [0.05, 0.1) is 0 Å². The molecule has 1 aromatic carbocycles. The minimum atomic E-state index is -2.17. The third kappa shape index (κ3) is 4.69. The van der Waals surface area contributed by atoms with Crippen LogP contribution in [-0.2, 0) is 0 Å². The first kappa shape index (κ1) is 14.3. The third-order valence-corrected chi connectivity index (χ3v) is 1.27. The normalized spacial score (nSPS) is 8.81. The quantitative estimate of drug-likeness (QED) is 0.526. The van der Waals surface area contributed by atoms with E-state index >= 15 is 0 Å². The summed E-state index contributed by atoms with van der Waals surface area (Å²) in [5.74, 6) is -3.38. The van der Waals surface area contributed by atoms with Crippen LogP contribution < -0.4 is 4.94 Å². The predicted molar refractivity (Wildman–Crippen MR) is 47.5 cm³/mol.